The van der Waals surface area contributed by atoms with Gasteiger partial charge in [0.25, 0.3) is 0 Å². The van der Waals surface area contributed by atoms with Crippen LogP contribution in [-0.2, 0) is 4.79 Å². The van der Waals surface area contributed by atoms with Crippen LogP contribution < -0.4 is 0 Å². The minimum Gasteiger partial charge on any atom is -0.396 e. The molecule has 218 valence electrons. The quantitative estimate of drug-likeness (QED) is 0.329. The fourth-order valence-electron chi connectivity index (χ4n) is 10.6. The summed E-state index contributed by atoms with van der Waals surface area (Å²) in [5.74, 6) is 4.04. The number of carbonyl (C=O) groups is 1. The standard InChI is InChI=1S/C26H44O2.C3H6O.C2H6.CH2O.CH4/c1-23(2)20-10-13-24(3)18-9-15-26(16-27)12-5-6-19(26)17(18)7-8-21(24)25(20,4)14-11-22(23)28;1-2-3-4;2*1-2;/h17-22,27-28H,5-16H2,1-4H3;2,4H,1,3H2;1-2H3;1H2;1H4. The summed E-state index contributed by atoms with van der Waals surface area (Å²) in [6.45, 7) is 19.7. The zero-order chi connectivity index (χ0) is 27.4. The first kappa shape index (κ1) is 34.3. The third-order valence-corrected chi connectivity index (χ3v) is 12.1. The van der Waals surface area contributed by atoms with E-state index in [-0.39, 0.29) is 31.0 Å². The first-order chi connectivity index (χ1) is 17.1. The summed E-state index contributed by atoms with van der Waals surface area (Å²) in [6.07, 6.45) is 15.7. The maximum Gasteiger partial charge on any atom is 0.106 e. The number of rotatable bonds is 2. The average molecular weight is 523 g/mol. The molecule has 3 N–H and O–H groups in total. The van der Waals surface area contributed by atoms with E-state index in [1.807, 2.05) is 20.6 Å². The summed E-state index contributed by atoms with van der Waals surface area (Å²) < 4.78 is 0. The molecule has 5 fully saturated rings. The van der Waals surface area contributed by atoms with Crippen LogP contribution in [0.5, 0.6) is 0 Å². The summed E-state index contributed by atoms with van der Waals surface area (Å²) in [5, 5.41) is 28.8. The molecule has 0 spiro atoms. The first-order valence-corrected chi connectivity index (χ1v) is 14.9. The highest BCUT2D eigenvalue weighted by atomic mass is 16.3. The average Bonchev–Trinajstić information content (AvgIpc) is 3.34. The van der Waals surface area contributed by atoms with Crippen molar-refractivity contribution in [1.29, 1.82) is 0 Å². The van der Waals surface area contributed by atoms with Crippen molar-refractivity contribution in [2.75, 3.05) is 13.2 Å². The summed E-state index contributed by atoms with van der Waals surface area (Å²) in [4.78, 5) is 8.00. The van der Waals surface area contributed by atoms with Gasteiger partial charge >= 0.3 is 0 Å². The van der Waals surface area contributed by atoms with Crippen molar-refractivity contribution < 1.29 is 20.1 Å². The van der Waals surface area contributed by atoms with Crippen molar-refractivity contribution in [2.45, 2.75) is 126 Å². The minimum atomic E-state index is -0.121. The molecule has 5 rings (SSSR count). The van der Waals surface area contributed by atoms with Crippen LogP contribution in [-0.4, -0.2) is 41.4 Å². The zero-order valence-corrected chi connectivity index (χ0v) is 24.4. The van der Waals surface area contributed by atoms with Crippen molar-refractivity contribution in [3.63, 3.8) is 0 Å². The Balaban J connectivity index is 0.000000685. The van der Waals surface area contributed by atoms with Gasteiger partial charge in [0.1, 0.15) is 6.79 Å². The Bertz CT molecular complexity index is 706. The van der Waals surface area contributed by atoms with Crippen LogP contribution >= 0.6 is 0 Å². The molecule has 9 unspecified atom stereocenters. The molecule has 4 nitrogen and oxygen atoms in total. The Hall–Kier alpha value is -0.710. The maximum atomic E-state index is 10.8. The van der Waals surface area contributed by atoms with Crippen molar-refractivity contribution in [3.8, 4) is 0 Å². The van der Waals surface area contributed by atoms with Crippen LogP contribution in [0.25, 0.3) is 0 Å². The van der Waals surface area contributed by atoms with Gasteiger partial charge in [-0.05, 0) is 115 Å². The fourth-order valence-corrected chi connectivity index (χ4v) is 10.6. The molecule has 0 heterocycles. The second-order valence-corrected chi connectivity index (χ2v) is 13.4. The normalized spacial score (nSPS) is 44.6. The topological polar surface area (TPSA) is 77.8 Å². The van der Waals surface area contributed by atoms with E-state index in [4.69, 9.17) is 9.90 Å². The second kappa shape index (κ2) is 13.6. The van der Waals surface area contributed by atoms with Gasteiger partial charge in [0.15, 0.2) is 0 Å². The number of hydrogen-bond acceptors (Lipinski definition) is 4. The van der Waals surface area contributed by atoms with Gasteiger partial charge in [-0.25, -0.2) is 0 Å². The van der Waals surface area contributed by atoms with Crippen LogP contribution in [0.2, 0.25) is 0 Å². The zero-order valence-electron chi connectivity index (χ0n) is 24.4. The summed E-state index contributed by atoms with van der Waals surface area (Å²) in [6, 6.07) is 0. The van der Waals surface area contributed by atoms with E-state index in [2.05, 4.69) is 34.3 Å². The van der Waals surface area contributed by atoms with Crippen LogP contribution in [0.4, 0.5) is 0 Å². The number of fused-ring (bicyclic) bond motifs is 7. The van der Waals surface area contributed by atoms with Gasteiger partial charge in [-0.3, -0.25) is 0 Å². The molecule has 5 aliphatic rings. The highest BCUT2D eigenvalue weighted by Crippen LogP contribution is 2.72. The molecule has 0 radical (unpaired) electrons. The molecule has 0 aromatic heterocycles. The largest absolute Gasteiger partial charge is 0.396 e. The van der Waals surface area contributed by atoms with Crippen molar-refractivity contribution in [2.24, 2.45) is 51.2 Å². The molecule has 9 atom stereocenters. The van der Waals surface area contributed by atoms with Crippen LogP contribution in [0.3, 0.4) is 0 Å². The van der Waals surface area contributed by atoms with E-state index >= 15 is 0 Å². The van der Waals surface area contributed by atoms with Crippen molar-refractivity contribution in [1.82, 2.24) is 0 Å². The lowest BCUT2D eigenvalue weighted by Crippen LogP contribution is -2.63. The van der Waals surface area contributed by atoms with E-state index < -0.39 is 0 Å². The minimum absolute atomic E-state index is 0. The predicted octanol–water partition coefficient (Wildman–Crippen LogP) is 7.45. The van der Waals surface area contributed by atoms with Gasteiger partial charge in [-0.1, -0.05) is 61.5 Å². The van der Waals surface area contributed by atoms with Gasteiger partial charge in [-0.15, -0.1) is 6.58 Å². The molecule has 37 heavy (non-hydrogen) atoms. The molecule has 5 saturated carbocycles. The SMILES string of the molecule is C.C=CCO.C=O.CC.CC1(C)C(O)CCC2(C)C1CCC1(C)C3CCC4(CO)CCCC4C3CCC12. The van der Waals surface area contributed by atoms with Gasteiger partial charge in [0.05, 0.1) is 12.7 Å². The van der Waals surface area contributed by atoms with E-state index in [1.54, 1.807) is 0 Å². The van der Waals surface area contributed by atoms with Gasteiger partial charge in [-0.2, -0.15) is 0 Å². The van der Waals surface area contributed by atoms with Gasteiger partial charge < -0.3 is 20.1 Å². The molecule has 0 aliphatic heterocycles. The number of aliphatic hydroxyl groups is 3. The molecular formula is C33H62O4. The lowest BCUT2D eigenvalue weighted by atomic mass is 9.36. The van der Waals surface area contributed by atoms with E-state index in [1.165, 1.54) is 70.3 Å². The Labute approximate surface area is 229 Å². The Morgan fingerprint density at radius 2 is 1.38 bits per heavy atom. The lowest BCUT2D eigenvalue weighted by Gasteiger charge is -2.69. The van der Waals surface area contributed by atoms with Crippen LogP contribution in [0, 0.1) is 51.2 Å². The molecule has 0 saturated heterocycles. The Morgan fingerprint density at radius 3 is 1.95 bits per heavy atom. The number of hydrogen-bond donors (Lipinski definition) is 3. The van der Waals surface area contributed by atoms with Gasteiger partial charge in [0.2, 0.25) is 0 Å². The molecular weight excluding hydrogens is 460 g/mol. The van der Waals surface area contributed by atoms with Crippen molar-refractivity contribution in [3.05, 3.63) is 12.7 Å². The van der Waals surface area contributed by atoms with E-state index in [0.29, 0.717) is 23.4 Å². The summed E-state index contributed by atoms with van der Waals surface area (Å²) in [7, 11) is 0. The van der Waals surface area contributed by atoms with E-state index in [0.717, 1.165) is 30.1 Å². The fraction of sp³-hybridized carbons (Fsp3) is 0.909. The van der Waals surface area contributed by atoms with E-state index in [9.17, 15) is 10.2 Å². The first-order valence-electron chi connectivity index (χ1n) is 14.9. The monoisotopic (exact) mass is 522 g/mol. The second-order valence-electron chi connectivity index (χ2n) is 13.4. The Kier molecular flexibility index (Phi) is 12.6. The van der Waals surface area contributed by atoms with Crippen LogP contribution in [0.15, 0.2) is 12.7 Å². The lowest BCUT2D eigenvalue weighted by molar-refractivity contribution is -0.216. The highest BCUT2D eigenvalue weighted by Gasteiger charge is 2.66. The molecule has 4 heteroatoms. The number of aliphatic hydroxyl groups excluding tert-OH is 3. The van der Waals surface area contributed by atoms with Gasteiger partial charge in [0, 0.05) is 6.61 Å². The maximum absolute atomic E-state index is 10.8. The molecule has 0 aromatic rings. The smallest absolute Gasteiger partial charge is 0.106 e. The van der Waals surface area contributed by atoms with Crippen molar-refractivity contribution >= 4 is 6.79 Å². The third kappa shape index (κ3) is 5.64. The summed E-state index contributed by atoms with van der Waals surface area (Å²) in [5.41, 5.74) is 1.23. The van der Waals surface area contributed by atoms with Crippen LogP contribution in [0.1, 0.15) is 120 Å². The highest BCUT2D eigenvalue weighted by molar-refractivity contribution is 5.15. The summed E-state index contributed by atoms with van der Waals surface area (Å²) >= 11 is 0. The third-order valence-electron chi connectivity index (χ3n) is 12.1. The number of carbonyl (C=O) groups excluding carboxylic acids is 1. The molecule has 0 aromatic carbocycles. The Morgan fingerprint density at radius 1 is 0.784 bits per heavy atom. The predicted molar refractivity (Wildman–Crippen MR) is 156 cm³/mol. The molecule has 0 bridgehead atoms. The molecule has 0 amide bonds. The molecule has 5 aliphatic carbocycles.